The largest absolute Gasteiger partial charge is 0.573 e. The molecule has 0 unspecified atom stereocenters. The molecule has 0 aliphatic heterocycles. The molecular weight excluding hydrogens is 234 g/mol. The Morgan fingerprint density at radius 3 is 2.25 bits per heavy atom. The van der Waals surface area contributed by atoms with Crippen LogP contribution in [0.2, 0.25) is 0 Å². The van der Waals surface area contributed by atoms with Crippen LogP contribution in [-0.4, -0.2) is 12.5 Å². The van der Waals surface area contributed by atoms with Gasteiger partial charge < -0.3 is 15.2 Å². The van der Waals surface area contributed by atoms with Gasteiger partial charge in [-0.3, -0.25) is 0 Å². The number of ether oxygens (including phenoxy) is 2. The Bertz CT molecular complexity index is 405. The van der Waals surface area contributed by atoms with E-state index in [1.165, 1.54) is 0 Å². The van der Waals surface area contributed by atoms with Crippen LogP contribution in [-0.2, 0) is 0 Å². The van der Waals surface area contributed by atoms with Crippen molar-refractivity contribution >= 4 is 6.09 Å². The van der Waals surface area contributed by atoms with Crippen LogP contribution >= 0.6 is 0 Å². The van der Waals surface area contributed by atoms with E-state index in [1.54, 1.807) is 0 Å². The predicted octanol–water partition coefficient (Wildman–Crippen LogP) is 2.18. The number of halogens is 4. The summed E-state index contributed by atoms with van der Waals surface area (Å²) in [6.07, 6.45) is -6.24. The Kier molecular flexibility index (Phi) is 3.21. The molecule has 2 N–H and O–H groups in total. The maximum atomic E-state index is 12.8. The fourth-order valence-corrected chi connectivity index (χ4v) is 0.905. The third-order valence-electron chi connectivity index (χ3n) is 1.30. The van der Waals surface area contributed by atoms with Gasteiger partial charge in [0.1, 0.15) is 17.3 Å². The Labute approximate surface area is 86.6 Å². The molecule has 0 spiro atoms. The predicted molar refractivity (Wildman–Crippen MR) is 43.3 cm³/mol. The lowest BCUT2D eigenvalue weighted by Crippen LogP contribution is -2.18. The molecular formula is C8H5F4NO3. The third kappa shape index (κ3) is 4.03. The number of nitrogens with two attached hydrogens (primary N) is 1. The molecule has 0 aromatic heterocycles. The van der Waals surface area contributed by atoms with E-state index in [1.807, 2.05) is 0 Å². The average Bonchev–Trinajstić information content (AvgIpc) is 1.96. The molecule has 0 aliphatic carbocycles. The van der Waals surface area contributed by atoms with Crippen LogP contribution in [0.4, 0.5) is 22.4 Å². The van der Waals surface area contributed by atoms with Crippen molar-refractivity contribution in [2.24, 2.45) is 5.73 Å². The van der Waals surface area contributed by atoms with Gasteiger partial charge in [0.15, 0.2) is 0 Å². The fraction of sp³-hybridized carbons (Fsp3) is 0.125. The minimum absolute atomic E-state index is 0.480. The summed E-state index contributed by atoms with van der Waals surface area (Å²) < 4.78 is 55.8. The number of rotatable bonds is 2. The summed E-state index contributed by atoms with van der Waals surface area (Å²) in [5.74, 6) is -2.38. The van der Waals surface area contributed by atoms with Crippen molar-refractivity contribution < 1.29 is 31.8 Å². The third-order valence-corrected chi connectivity index (χ3v) is 1.30. The van der Waals surface area contributed by atoms with Crippen molar-refractivity contribution in [3.8, 4) is 11.5 Å². The smallest absolute Gasteiger partial charge is 0.410 e. The zero-order valence-electron chi connectivity index (χ0n) is 7.55. The van der Waals surface area contributed by atoms with Crippen LogP contribution in [0.15, 0.2) is 18.2 Å². The normalized spacial score (nSPS) is 11.0. The summed E-state index contributed by atoms with van der Waals surface area (Å²) >= 11 is 0. The lowest BCUT2D eigenvalue weighted by atomic mass is 10.3. The Balaban J connectivity index is 2.94. The van der Waals surface area contributed by atoms with Crippen LogP contribution in [0.3, 0.4) is 0 Å². The van der Waals surface area contributed by atoms with Crippen LogP contribution in [0.5, 0.6) is 11.5 Å². The SMILES string of the molecule is NC(=O)Oc1cc(F)cc(OC(F)(F)F)c1. The molecule has 1 amide bonds. The second-order valence-electron chi connectivity index (χ2n) is 2.59. The molecule has 0 saturated heterocycles. The second kappa shape index (κ2) is 4.25. The van der Waals surface area contributed by atoms with Gasteiger partial charge in [-0.05, 0) is 0 Å². The quantitative estimate of drug-likeness (QED) is 0.804. The van der Waals surface area contributed by atoms with Crippen molar-refractivity contribution in [1.82, 2.24) is 0 Å². The zero-order valence-corrected chi connectivity index (χ0v) is 7.55. The molecule has 0 radical (unpaired) electrons. The topological polar surface area (TPSA) is 61.6 Å². The molecule has 16 heavy (non-hydrogen) atoms. The molecule has 0 bridgehead atoms. The number of carbonyl (C=O) groups excluding carboxylic acids is 1. The summed E-state index contributed by atoms with van der Waals surface area (Å²) in [6.45, 7) is 0. The van der Waals surface area contributed by atoms with E-state index < -0.39 is 29.8 Å². The highest BCUT2D eigenvalue weighted by Crippen LogP contribution is 2.27. The Morgan fingerprint density at radius 1 is 1.19 bits per heavy atom. The molecule has 8 heteroatoms. The second-order valence-corrected chi connectivity index (χ2v) is 2.59. The van der Waals surface area contributed by atoms with Gasteiger partial charge in [0.2, 0.25) is 0 Å². The lowest BCUT2D eigenvalue weighted by molar-refractivity contribution is -0.274. The summed E-state index contributed by atoms with van der Waals surface area (Å²) in [7, 11) is 0. The first-order valence-corrected chi connectivity index (χ1v) is 3.80. The molecule has 0 fully saturated rings. The van der Waals surface area contributed by atoms with E-state index in [-0.39, 0.29) is 0 Å². The molecule has 1 aromatic rings. The van der Waals surface area contributed by atoms with Crippen LogP contribution in [0.25, 0.3) is 0 Å². The maximum absolute atomic E-state index is 12.8. The lowest BCUT2D eigenvalue weighted by Gasteiger charge is -2.09. The number of hydrogen-bond donors (Lipinski definition) is 1. The van der Waals surface area contributed by atoms with Gasteiger partial charge in [-0.25, -0.2) is 9.18 Å². The highest BCUT2D eigenvalue weighted by Gasteiger charge is 2.31. The van der Waals surface area contributed by atoms with Crippen LogP contribution in [0, 0.1) is 5.82 Å². The molecule has 1 rings (SSSR count). The van der Waals surface area contributed by atoms with Gasteiger partial charge in [-0.15, -0.1) is 13.2 Å². The number of benzene rings is 1. The zero-order chi connectivity index (χ0) is 12.3. The van der Waals surface area contributed by atoms with E-state index in [0.717, 1.165) is 0 Å². The number of amides is 1. The highest BCUT2D eigenvalue weighted by atomic mass is 19.4. The van der Waals surface area contributed by atoms with Gasteiger partial charge >= 0.3 is 12.5 Å². The number of alkyl halides is 3. The summed E-state index contributed by atoms with van der Waals surface area (Å²) in [6, 6.07) is 1.86. The van der Waals surface area contributed by atoms with Crippen molar-refractivity contribution in [3.63, 3.8) is 0 Å². The first-order valence-electron chi connectivity index (χ1n) is 3.80. The van der Waals surface area contributed by atoms with Crippen molar-refractivity contribution in [2.75, 3.05) is 0 Å². The van der Waals surface area contributed by atoms with Gasteiger partial charge in [0.05, 0.1) is 0 Å². The molecule has 0 heterocycles. The van der Waals surface area contributed by atoms with Gasteiger partial charge in [0.25, 0.3) is 0 Å². The molecule has 0 saturated carbocycles. The Morgan fingerprint density at radius 2 is 1.75 bits per heavy atom. The van der Waals surface area contributed by atoms with Gasteiger partial charge in [-0.2, -0.15) is 0 Å². The Hall–Kier alpha value is -1.99. The van der Waals surface area contributed by atoms with Crippen LogP contribution < -0.4 is 15.2 Å². The maximum Gasteiger partial charge on any atom is 0.573 e. The number of primary amides is 1. The molecule has 1 aromatic carbocycles. The first-order chi connectivity index (χ1) is 7.26. The van der Waals surface area contributed by atoms with Gasteiger partial charge in [0, 0.05) is 18.2 Å². The monoisotopic (exact) mass is 239 g/mol. The van der Waals surface area contributed by atoms with Crippen molar-refractivity contribution in [2.45, 2.75) is 6.36 Å². The number of hydrogen-bond acceptors (Lipinski definition) is 3. The van der Waals surface area contributed by atoms with Crippen molar-refractivity contribution in [1.29, 1.82) is 0 Å². The number of carbonyl (C=O) groups is 1. The van der Waals surface area contributed by atoms with Crippen molar-refractivity contribution in [3.05, 3.63) is 24.0 Å². The van der Waals surface area contributed by atoms with Crippen LogP contribution in [0.1, 0.15) is 0 Å². The molecule has 4 nitrogen and oxygen atoms in total. The average molecular weight is 239 g/mol. The summed E-state index contributed by atoms with van der Waals surface area (Å²) in [4.78, 5) is 10.3. The fourth-order valence-electron chi connectivity index (χ4n) is 0.905. The molecule has 0 aliphatic rings. The van der Waals surface area contributed by atoms with Gasteiger partial charge in [-0.1, -0.05) is 0 Å². The van der Waals surface area contributed by atoms with E-state index >= 15 is 0 Å². The van der Waals surface area contributed by atoms with E-state index in [9.17, 15) is 22.4 Å². The highest BCUT2D eigenvalue weighted by molar-refractivity contribution is 5.68. The summed E-state index contributed by atoms with van der Waals surface area (Å²) in [5.41, 5.74) is 4.61. The minimum Gasteiger partial charge on any atom is -0.410 e. The van der Waals surface area contributed by atoms with E-state index in [4.69, 9.17) is 0 Å². The summed E-state index contributed by atoms with van der Waals surface area (Å²) in [5, 5.41) is 0. The van der Waals surface area contributed by atoms with E-state index in [0.29, 0.717) is 18.2 Å². The molecule has 88 valence electrons. The standard InChI is InChI=1S/C8H5F4NO3/c9-4-1-5(15-7(13)14)3-6(2-4)16-8(10,11)12/h1-3H,(H2,13,14). The molecule has 0 atom stereocenters. The van der Waals surface area contributed by atoms with E-state index in [2.05, 4.69) is 15.2 Å². The minimum atomic E-state index is -4.96. The first kappa shape index (κ1) is 12.1.